The van der Waals surface area contributed by atoms with Crippen LogP contribution in [0.4, 0.5) is 8.78 Å². The first kappa shape index (κ1) is 10.4. The summed E-state index contributed by atoms with van der Waals surface area (Å²) in [6.07, 6.45) is 0.425. The molecule has 76 valence electrons. The Balaban J connectivity index is 2.45. The van der Waals surface area contributed by atoms with E-state index in [0.717, 1.165) is 0 Å². The molecule has 2 atom stereocenters. The van der Waals surface area contributed by atoms with Crippen molar-refractivity contribution in [1.29, 1.82) is 0 Å². The smallest absolute Gasteiger partial charge is 0.321 e. The fourth-order valence-corrected chi connectivity index (χ4v) is 1.22. The van der Waals surface area contributed by atoms with Gasteiger partial charge in [0.2, 0.25) is 0 Å². The molecule has 2 unspecified atom stereocenters. The molecule has 5 heteroatoms. The van der Waals surface area contributed by atoms with Crippen LogP contribution in [0.1, 0.15) is 20.3 Å². The molecule has 0 aromatic heterocycles. The molecule has 3 nitrogen and oxygen atoms in total. The van der Waals surface area contributed by atoms with Crippen LogP contribution in [0.3, 0.4) is 0 Å². The van der Waals surface area contributed by atoms with Crippen LogP contribution >= 0.6 is 0 Å². The van der Waals surface area contributed by atoms with Gasteiger partial charge in [-0.05, 0) is 13.3 Å². The molecule has 0 spiro atoms. The van der Waals surface area contributed by atoms with Crippen LogP contribution in [-0.2, 0) is 9.53 Å². The molecule has 0 aromatic carbocycles. The van der Waals surface area contributed by atoms with Gasteiger partial charge in [0.15, 0.2) is 0 Å². The van der Waals surface area contributed by atoms with Crippen molar-refractivity contribution in [2.45, 2.75) is 38.3 Å². The van der Waals surface area contributed by atoms with Crippen molar-refractivity contribution in [2.75, 3.05) is 6.61 Å². The quantitative estimate of drug-likeness (QED) is 0.708. The zero-order valence-corrected chi connectivity index (χ0v) is 7.64. The number of alkyl halides is 2. The molecule has 0 radical (unpaired) electrons. The molecule has 0 bridgehead atoms. The molecule has 1 N–H and O–H groups in total. The zero-order chi connectivity index (χ0) is 10.1. The van der Waals surface area contributed by atoms with Crippen LogP contribution in [0.5, 0.6) is 0 Å². The number of rotatable bonds is 2. The summed E-state index contributed by atoms with van der Waals surface area (Å²) in [4.78, 5) is 10.8. The number of halogens is 2. The van der Waals surface area contributed by atoms with Crippen molar-refractivity contribution in [2.24, 2.45) is 0 Å². The fraction of sp³-hybridized carbons (Fsp3) is 0.875. The maximum absolute atomic E-state index is 12.4. The lowest BCUT2D eigenvalue weighted by Gasteiger charge is -2.18. The van der Waals surface area contributed by atoms with E-state index in [4.69, 9.17) is 4.74 Å². The lowest BCUT2D eigenvalue weighted by atomic mass is 10.1. The second-order valence-corrected chi connectivity index (χ2v) is 3.33. The van der Waals surface area contributed by atoms with Crippen LogP contribution < -0.4 is 5.32 Å². The Bertz CT molecular complexity index is 203. The monoisotopic (exact) mass is 193 g/mol. The average Bonchev–Trinajstić information content (AvgIpc) is 2.34. The summed E-state index contributed by atoms with van der Waals surface area (Å²) in [7, 11) is 0. The maximum Gasteiger partial charge on any atom is 0.321 e. The molecule has 0 aliphatic carbocycles. The molecule has 1 fully saturated rings. The normalized spacial score (nSPS) is 28.9. The van der Waals surface area contributed by atoms with Gasteiger partial charge >= 0.3 is 5.92 Å². The lowest BCUT2D eigenvalue weighted by molar-refractivity contribution is -0.144. The highest BCUT2D eigenvalue weighted by Crippen LogP contribution is 2.16. The van der Waals surface area contributed by atoms with Crippen LogP contribution in [0.15, 0.2) is 0 Å². The number of amides is 1. The van der Waals surface area contributed by atoms with Gasteiger partial charge in [0, 0.05) is 13.5 Å². The topological polar surface area (TPSA) is 38.3 Å². The molecule has 1 rings (SSSR count). The van der Waals surface area contributed by atoms with Gasteiger partial charge in [-0.2, -0.15) is 8.78 Å². The number of hydrogen-bond acceptors (Lipinski definition) is 2. The second-order valence-electron chi connectivity index (χ2n) is 3.33. The van der Waals surface area contributed by atoms with E-state index in [-0.39, 0.29) is 12.1 Å². The van der Waals surface area contributed by atoms with Crippen molar-refractivity contribution in [3.63, 3.8) is 0 Å². The summed E-state index contributed by atoms with van der Waals surface area (Å²) in [5.41, 5.74) is 0. The molecule has 1 aliphatic heterocycles. The van der Waals surface area contributed by atoms with E-state index in [9.17, 15) is 13.6 Å². The molecule has 13 heavy (non-hydrogen) atoms. The molecule has 0 aromatic rings. The Morgan fingerprint density at radius 3 is 2.62 bits per heavy atom. The van der Waals surface area contributed by atoms with Crippen LogP contribution in [0.2, 0.25) is 0 Å². The summed E-state index contributed by atoms with van der Waals surface area (Å²) >= 11 is 0. The first-order valence-corrected chi connectivity index (χ1v) is 4.21. The number of carbonyl (C=O) groups excluding carboxylic acids is 1. The second kappa shape index (κ2) is 3.57. The van der Waals surface area contributed by atoms with Crippen molar-refractivity contribution < 1.29 is 18.3 Å². The summed E-state index contributed by atoms with van der Waals surface area (Å²) < 4.78 is 30.0. The van der Waals surface area contributed by atoms with Crippen molar-refractivity contribution in [1.82, 2.24) is 5.32 Å². The minimum Gasteiger partial charge on any atom is -0.376 e. The van der Waals surface area contributed by atoms with Crippen molar-refractivity contribution in [3.8, 4) is 0 Å². The van der Waals surface area contributed by atoms with Gasteiger partial charge in [-0.1, -0.05) is 0 Å². The first-order chi connectivity index (χ1) is 5.91. The minimum absolute atomic E-state index is 0.175. The molecule has 1 amide bonds. The van der Waals surface area contributed by atoms with Gasteiger partial charge < -0.3 is 10.1 Å². The van der Waals surface area contributed by atoms with Crippen LogP contribution in [-0.4, -0.2) is 30.6 Å². The summed E-state index contributed by atoms with van der Waals surface area (Å²) in [6.45, 7) is 2.86. The number of ether oxygens (including phenoxy) is 1. The molecule has 1 saturated heterocycles. The van der Waals surface area contributed by atoms with E-state index in [1.165, 1.54) is 0 Å². The Morgan fingerprint density at radius 1 is 1.62 bits per heavy atom. The Kier molecular flexibility index (Phi) is 2.85. The SMILES string of the molecule is CC1OCCC1NC(=O)C(C)(F)F. The average molecular weight is 193 g/mol. The number of hydrogen-bond donors (Lipinski definition) is 1. The van der Waals surface area contributed by atoms with Crippen molar-refractivity contribution in [3.05, 3.63) is 0 Å². The number of carbonyl (C=O) groups is 1. The van der Waals surface area contributed by atoms with E-state index in [0.29, 0.717) is 20.0 Å². The number of nitrogens with one attached hydrogen (secondary N) is 1. The van der Waals surface area contributed by atoms with Gasteiger partial charge in [-0.3, -0.25) is 4.79 Å². The molecular weight excluding hydrogens is 180 g/mol. The van der Waals surface area contributed by atoms with Gasteiger partial charge in [0.05, 0.1) is 12.1 Å². The van der Waals surface area contributed by atoms with Gasteiger partial charge in [-0.15, -0.1) is 0 Å². The maximum atomic E-state index is 12.4. The van der Waals surface area contributed by atoms with Crippen molar-refractivity contribution >= 4 is 5.91 Å². The lowest BCUT2D eigenvalue weighted by Crippen LogP contribution is -2.46. The summed E-state index contributed by atoms with van der Waals surface area (Å²) in [6, 6.07) is -0.279. The Hall–Kier alpha value is -0.710. The largest absolute Gasteiger partial charge is 0.376 e. The zero-order valence-electron chi connectivity index (χ0n) is 7.64. The summed E-state index contributed by atoms with van der Waals surface area (Å²) in [5, 5.41) is 2.25. The molecular formula is C8H13F2NO2. The van der Waals surface area contributed by atoms with E-state index in [2.05, 4.69) is 5.32 Å². The van der Waals surface area contributed by atoms with Crippen LogP contribution in [0.25, 0.3) is 0 Å². The third-order valence-corrected chi connectivity index (χ3v) is 2.09. The predicted octanol–water partition coefficient (Wildman–Crippen LogP) is 0.935. The molecule has 1 heterocycles. The minimum atomic E-state index is -3.30. The highest BCUT2D eigenvalue weighted by atomic mass is 19.3. The third kappa shape index (κ3) is 2.62. The fourth-order valence-electron chi connectivity index (χ4n) is 1.22. The highest BCUT2D eigenvalue weighted by molar-refractivity contribution is 5.83. The highest BCUT2D eigenvalue weighted by Gasteiger charge is 2.36. The van der Waals surface area contributed by atoms with Gasteiger partial charge in [0.1, 0.15) is 0 Å². The van der Waals surface area contributed by atoms with E-state index in [1.54, 1.807) is 6.92 Å². The first-order valence-electron chi connectivity index (χ1n) is 4.21. The van der Waals surface area contributed by atoms with E-state index in [1.807, 2.05) is 0 Å². The van der Waals surface area contributed by atoms with Gasteiger partial charge in [-0.25, -0.2) is 0 Å². The molecule has 1 aliphatic rings. The molecule has 0 saturated carbocycles. The van der Waals surface area contributed by atoms with Crippen LogP contribution in [0, 0.1) is 0 Å². The predicted molar refractivity (Wildman–Crippen MR) is 42.6 cm³/mol. The Morgan fingerprint density at radius 2 is 2.23 bits per heavy atom. The van der Waals surface area contributed by atoms with Gasteiger partial charge in [0.25, 0.3) is 5.91 Å². The Labute approximate surface area is 75.4 Å². The summed E-state index contributed by atoms with van der Waals surface area (Å²) in [5.74, 6) is -4.53. The van der Waals surface area contributed by atoms with E-state index < -0.39 is 11.8 Å². The third-order valence-electron chi connectivity index (χ3n) is 2.09. The standard InChI is InChI=1S/C8H13F2NO2/c1-5-6(3-4-13-5)11-7(12)8(2,9)10/h5-6H,3-4H2,1-2H3,(H,11,12). The van der Waals surface area contributed by atoms with E-state index >= 15 is 0 Å².